The van der Waals surface area contributed by atoms with Crippen molar-refractivity contribution in [2.45, 2.75) is 24.8 Å². The fourth-order valence-corrected chi connectivity index (χ4v) is 5.04. The average molecular weight is 446 g/mol. The van der Waals surface area contributed by atoms with Crippen molar-refractivity contribution < 1.29 is 17.9 Å². The third-order valence-electron chi connectivity index (χ3n) is 4.90. The molecule has 3 rings (SSSR count). The van der Waals surface area contributed by atoms with Crippen LogP contribution in [-0.4, -0.2) is 22.6 Å². The number of sulfonamides is 1. The average Bonchev–Trinajstić information content (AvgIpc) is 2.74. The lowest BCUT2D eigenvalue weighted by Crippen LogP contribution is -2.34. The molecular weight excluding hydrogens is 422 g/mol. The maximum Gasteiger partial charge on any atom is 0.264 e. The Balaban J connectivity index is 2.20. The zero-order valence-electron chi connectivity index (χ0n) is 17.3. The van der Waals surface area contributed by atoms with Gasteiger partial charge in [0, 0.05) is 10.6 Å². The fraction of sp³-hybridized carbons (Fsp3) is 0.217. The number of nitrogens with zero attached hydrogens (tertiary/aromatic N) is 1. The Kier molecular flexibility index (Phi) is 6.58. The lowest BCUT2D eigenvalue weighted by atomic mass is 10.1. The highest BCUT2D eigenvalue weighted by atomic mass is 35.5. The van der Waals surface area contributed by atoms with Gasteiger partial charge in [-0.1, -0.05) is 29.3 Å². The van der Waals surface area contributed by atoms with Crippen molar-refractivity contribution in [2.24, 2.45) is 0 Å². The van der Waals surface area contributed by atoms with Gasteiger partial charge in [0.1, 0.15) is 11.5 Å². The highest BCUT2D eigenvalue weighted by Gasteiger charge is 2.32. The summed E-state index contributed by atoms with van der Waals surface area (Å²) in [4.78, 5) is 0.154. The first kappa shape index (κ1) is 22.0. The molecule has 0 aliphatic heterocycles. The van der Waals surface area contributed by atoms with Crippen molar-refractivity contribution in [1.82, 2.24) is 0 Å². The van der Waals surface area contributed by atoms with Crippen LogP contribution in [0.1, 0.15) is 24.1 Å². The van der Waals surface area contributed by atoms with Crippen LogP contribution in [0.25, 0.3) is 0 Å². The molecule has 0 saturated heterocycles. The Bertz CT molecular complexity index is 1110. The van der Waals surface area contributed by atoms with Crippen LogP contribution in [-0.2, 0) is 10.0 Å². The van der Waals surface area contributed by atoms with Crippen LogP contribution in [0.2, 0.25) is 5.02 Å². The normalized spacial score (nSPS) is 12.3. The Morgan fingerprint density at radius 2 is 1.53 bits per heavy atom. The molecule has 30 heavy (non-hydrogen) atoms. The molecule has 7 heteroatoms. The summed E-state index contributed by atoms with van der Waals surface area (Å²) < 4.78 is 39.7. The molecule has 1 atom stereocenters. The second-order valence-electron chi connectivity index (χ2n) is 6.87. The number of rotatable bonds is 7. The molecule has 0 aromatic heterocycles. The van der Waals surface area contributed by atoms with Gasteiger partial charge in [-0.25, -0.2) is 8.42 Å². The van der Waals surface area contributed by atoms with Crippen molar-refractivity contribution in [1.29, 1.82) is 0 Å². The minimum Gasteiger partial charge on any atom is -0.497 e. The van der Waals surface area contributed by atoms with E-state index < -0.39 is 16.1 Å². The molecule has 1 unspecified atom stereocenters. The topological polar surface area (TPSA) is 55.8 Å². The van der Waals surface area contributed by atoms with E-state index in [-0.39, 0.29) is 4.90 Å². The summed E-state index contributed by atoms with van der Waals surface area (Å²) in [6.07, 6.45) is 0. The molecule has 0 saturated carbocycles. The number of hydrogen-bond donors (Lipinski definition) is 0. The van der Waals surface area contributed by atoms with Crippen molar-refractivity contribution in [2.75, 3.05) is 18.5 Å². The summed E-state index contributed by atoms with van der Waals surface area (Å²) in [5.74, 6) is 1.19. The van der Waals surface area contributed by atoms with Gasteiger partial charge < -0.3 is 9.47 Å². The minimum absolute atomic E-state index is 0.154. The molecule has 0 aliphatic carbocycles. The van der Waals surface area contributed by atoms with E-state index in [1.807, 2.05) is 26.0 Å². The molecule has 0 fully saturated rings. The molecule has 0 spiro atoms. The van der Waals surface area contributed by atoms with Gasteiger partial charge in [-0.05, 0) is 68.4 Å². The molecule has 0 heterocycles. The monoisotopic (exact) mass is 445 g/mol. The molecule has 3 aromatic rings. The first-order valence-electron chi connectivity index (χ1n) is 9.36. The molecule has 0 radical (unpaired) electrons. The summed E-state index contributed by atoms with van der Waals surface area (Å²) in [6.45, 7) is 3.78. The summed E-state index contributed by atoms with van der Waals surface area (Å²) in [5, 5.41) is 0.471. The lowest BCUT2D eigenvalue weighted by Gasteiger charge is -2.32. The maximum atomic E-state index is 13.7. The third-order valence-corrected chi connectivity index (χ3v) is 7.06. The van der Waals surface area contributed by atoms with Crippen LogP contribution in [0, 0.1) is 6.92 Å². The van der Waals surface area contributed by atoms with Gasteiger partial charge in [-0.3, -0.25) is 4.31 Å². The van der Waals surface area contributed by atoms with Crippen LogP contribution < -0.4 is 13.8 Å². The van der Waals surface area contributed by atoms with Gasteiger partial charge in [0.2, 0.25) is 0 Å². The Morgan fingerprint density at radius 1 is 0.900 bits per heavy atom. The summed E-state index contributed by atoms with van der Waals surface area (Å²) in [5.41, 5.74) is 2.28. The van der Waals surface area contributed by atoms with Crippen LogP contribution in [0.4, 0.5) is 5.69 Å². The van der Waals surface area contributed by atoms with Crippen LogP contribution in [0.5, 0.6) is 11.5 Å². The first-order chi connectivity index (χ1) is 14.3. The summed E-state index contributed by atoms with van der Waals surface area (Å²) >= 11 is 5.97. The Hall–Kier alpha value is -2.70. The van der Waals surface area contributed by atoms with Crippen LogP contribution >= 0.6 is 11.6 Å². The number of halogens is 1. The smallest absolute Gasteiger partial charge is 0.264 e. The van der Waals surface area contributed by atoms with Gasteiger partial charge in [-0.2, -0.15) is 0 Å². The largest absolute Gasteiger partial charge is 0.497 e. The molecule has 0 amide bonds. The molecule has 0 bridgehead atoms. The highest BCUT2D eigenvalue weighted by Crippen LogP contribution is 2.38. The van der Waals surface area contributed by atoms with E-state index in [0.717, 1.165) is 5.56 Å². The van der Waals surface area contributed by atoms with Crippen LogP contribution in [0.15, 0.2) is 71.6 Å². The number of ether oxygens (including phenoxy) is 2. The minimum atomic E-state index is -3.90. The van der Waals surface area contributed by atoms with E-state index in [4.69, 9.17) is 21.1 Å². The summed E-state index contributed by atoms with van der Waals surface area (Å²) in [6, 6.07) is 18.3. The van der Waals surface area contributed by atoms with Gasteiger partial charge in [0.05, 0.1) is 30.8 Å². The molecule has 158 valence electrons. The van der Waals surface area contributed by atoms with Gasteiger partial charge in [-0.15, -0.1) is 0 Å². The van der Waals surface area contributed by atoms with Crippen molar-refractivity contribution in [3.05, 3.63) is 82.9 Å². The van der Waals surface area contributed by atoms with Crippen molar-refractivity contribution >= 4 is 27.3 Å². The summed E-state index contributed by atoms with van der Waals surface area (Å²) in [7, 11) is -0.772. The number of hydrogen-bond acceptors (Lipinski definition) is 4. The highest BCUT2D eigenvalue weighted by molar-refractivity contribution is 7.92. The Labute approximate surface area is 182 Å². The zero-order valence-corrected chi connectivity index (χ0v) is 18.9. The number of benzene rings is 3. The SMILES string of the molecule is COc1ccc(OC)c(C(C)N(c2ccc(C)cc2)S(=O)(=O)c2ccc(Cl)cc2)c1. The van der Waals surface area contributed by atoms with E-state index in [1.54, 1.807) is 56.7 Å². The fourth-order valence-electron chi connectivity index (χ4n) is 3.27. The predicted molar refractivity (Wildman–Crippen MR) is 120 cm³/mol. The van der Waals surface area contributed by atoms with Gasteiger partial charge in [0.25, 0.3) is 10.0 Å². The molecule has 5 nitrogen and oxygen atoms in total. The van der Waals surface area contributed by atoms with E-state index in [9.17, 15) is 8.42 Å². The molecule has 0 aliphatic rings. The van der Waals surface area contributed by atoms with Gasteiger partial charge >= 0.3 is 0 Å². The predicted octanol–water partition coefficient (Wildman–Crippen LogP) is 5.62. The van der Waals surface area contributed by atoms with E-state index in [2.05, 4.69) is 0 Å². The zero-order chi connectivity index (χ0) is 21.9. The molecule has 0 N–H and O–H groups in total. The van der Waals surface area contributed by atoms with Crippen LogP contribution in [0.3, 0.4) is 0 Å². The molecular formula is C23H24ClNO4S. The number of methoxy groups -OCH3 is 2. The van der Waals surface area contributed by atoms with E-state index in [0.29, 0.717) is 27.8 Å². The number of anilines is 1. The van der Waals surface area contributed by atoms with Crippen molar-refractivity contribution in [3.63, 3.8) is 0 Å². The second-order valence-corrected chi connectivity index (χ2v) is 9.13. The number of aryl methyl sites for hydroxylation is 1. The van der Waals surface area contributed by atoms with E-state index in [1.165, 1.54) is 16.4 Å². The maximum absolute atomic E-state index is 13.7. The first-order valence-corrected chi connectivity index (χ1v) is 11.2. The van der Waals surface area contributed by atoms with Gasteiger partial charge in [0.15, 0.2) is 0 Å². The third kappa shape index (κ3) is 4.40. The quantitative estimate of drug-likeness (QED) is 0.473. The second kappa shape index (κ2) is 8.98. The van der Waals surface area contributed by atoms with Crippen molar-refractivity contribution in [3.8, 4) is 11.5 Å². The standard InChI is InChI=1S/C23H24ClNO4S/c1-16-5-9-19(10-6-16)25(30(26,27)21-12-7-18(24)8-13-21)17(2)22-15-20(28-3)11-14-23(22)29-4/h5-15,17H,1-4H3. The Morgan fingerprint density at radius 3 is 2.10 bits per heavy atom. The van der Waals surface area contributed by atoms with E-state index >= 15 is 0 Å². The molecule has 3 aromatic carbocycles. The lowest BCUT2D eigenvalue weighted by molar-refractivity contribution is 0.396.